The molecule has 2 heterocycles. The molecule has 5 heteroatoms. The monoisotopic (exact) mass is 258 g/mol. The first-order valence-electron chi connectivity index (χ1n) is 5.40. The zero-order valence-electron chi connectivity index (χ0n) is 9.31. The van der Waals surface area contributed by atoms with Gasteiger partial charge in [-0.25, -0.2) is 4.79 Å². The first kappa shape index (κ1) is 10.9. The Hall–Kier alpha value is -2.27. The molecule has 0 fully saturated rings. The van der Waals surface area contributed by atoms with Gasteiger partial charge in [-0.1, -0.05) is 18.2 Å². The Morgan fingerprint density at radius 2 is 2.06 bits per heavy atom. The van der Waals surface area contributed by atoms with Crippen LogP contribution in [0.5, 0.6) is 0 Å². The smallest absolute Gasteiger partial charge is 0.340 e. The molecule has 2 aromatic heterocycles. The average molecular weight is 258 g/mol. The van der Waals surface area contributed by atoms with Gasteiger partial charge in [0.15, 0.2) is 0 Å². The summed E-state index contributed by atoms with van der Waals surface area (Å²) >= 11 is 1.52. The highest BCUT2D eigenvalue weighted by atomic mass is 32.1. The Bertz CT molecular complexity index is 701. The number of aromatic nitrogens is 1. The Balaban J connectivity index is 2.16. The van der Waals surface area contributed by atoms with Crippen LogP contribution in [0.15, 0.2) is 41.8 Å². The lowest BCUT2D eigenvalue weighted by molar-refractivity contribution is 0.0700. The molecule has 0 spiro atoms. The molecular weight excluding hydrogens is 248 g/mol. The van der Waals surface area contributed by atoms with E-state index in [4.69, 9.17) is 0 Å². The maximum Gasteiger partial charge on any atom is 0.340 e. The third kappa shape index (κ3) is 1.74. The number of carbonyl (C=O) groups is 1. The fraction of sp³-hybridized carbons (Fsp3) is 0. The van der Waals surface area contributed by atoms with Crippen LogP contribution in [-0.2, 0) is 0 Å². The molecule has 4 nitrogen and oxygen atoms in total. The largest absolute Gasteiger partial charge is 0.478 e. The molecule has 0 unspecified atom stereocenters. The topological polar surface area (TPSA) is 65.1 Å². The second kappa shape index (κ2) is 4.19. The van der Waals surface area contributed by atoms with E-state index in [1.807, 2.05) is 35.7 Å². The molecule has 0 aliphatic rings. The Labute approximate surface area is 107 Å². The normalized spacial score (nSPS) is 10.7. The van der Waals surface area contributed by atoms with Crippen molar-refractivity contribution in [3.63, 3.8) is 0 Å². The van der Waals surface area contributed by atoms with Crippen LogP contribution in [-0.4, -0.2) is 16.1 Å². The fourth-order valence-corrected chi connectivity index (χ4v) is 2.55. The number of thiophene rings is 1. The first-order valence-corrected chi connectivity index (χ1v) is 6.28. The standard InChI is InChI=1S/C13H10N2O2S/c16-13(17)11-8-4-1-2-5-9(8)14-12(11)15-10-6-3-7-18-10/h1-7,14-15H,(H,16,17). The third-order valence-corrected chi connectivity index (χ3v) is 3.47. The van der Waals surface area contributed by atoms with E-state index >= 15 is 0 Å². The lowest BCUT2D eigenvalue weighted by Gasteiger charge is -2.01. The molecule has 0 aliphatic carbocycles. The van der Waals surface area contributed by atoms with E-state index in [9.17, 15) is 9.90 Å². The summed E-state index contributed by atoms with van der Waals surface area (Å²) < 4.78 is 0. The van der Waals surface area contributed by atoms with Crippen LogP contribution in [0, 0.1) is 0 Å². The maximum atomic E-state index is 11.4. The zero-order valence-corrected chi connectivity index (χ0v) is 10.1. The van der Waals surface area contributed by atoms with Gasteiger partial charge in [-0.15, -0.1) is 11.3 Å². The number of carboxylic acid groups (broad SMARTS) is 1. The van der Waals surface area contributed by atoms with Gasteiger partial charge < -0.3 is 15.4 Å². The van der Waals surface area contributed by atoms with E-state index in [1.165, 1.54) is 11.3 Å². The van der Waals surface area contributed by atoms with Crippen LogP contribution in [0.3, 0.4) is 0 Å². The van der Waals surface area contributed by atoms with Crippen LogP contribution in [0.1, 0.15) is 10.4 Å². The average Bonchev–Trinajstić information content (AvgIpc) is 2.95. The molecule has 0 bridgehead atoms. The summed E-state index contributed by atoms with van der Waals surface area (Å²) in [6.07, 6.45) is 0. The molecule has 0 aliphatic heterocycles. The number of aromatic carboxylic acids is 1. The first-order chi connectivity index (χ1) is 8.75. The third-order valence-electron chi connectivity index (χ3n) is 2.69. The predicted octanol–water partition coefficient (Wildman–Crippen LogP) is 3.67. The van der Waals surface area contributed by atoms with Crippen molar-refractivity contribution in [3.05, 3.63) is 47.3 Å². The van der Waals surface area contributed by atoms with E-state index < -0.39 is 5.97 Å². The molecule has 3 N–H and O–H groups in total. The minimum absolute atomic E-state index is 0.277. The highest BCUT2D eigenvalue weighted by Crippen LogP contribution is 2.29. The summed E-state index contributed by atoms with van der Waals surface area (Å²) in [7, 11) is 0. The highest BCUT2D eigenvalue weighted by Gasteiger charge is 2.17. The van der Waals surface area contributed by atoms with E-state index in [2.05, 4.69) is 10.3 Å². The summed E-state index contributed by atoms with van der Waals surface area (Å²) in [4.78, 5) is 14.5. The second-order valence-corrected chi connectivity index (χ2v) is 4.78. The maximum absolute atomic E-state index is 11.4. The lowest BCUT2D eigenvalue weighted by Crippen LogP contribution is -2.00. The van der Waals surface area contributed by atoms with Crippen molar-refractivity contribution in [2.75, 3.05) is 5.32 Å². The number of para-hydroxylation sites is 1. The van der Waals surface area contributed by atoms with Crippen LogP contribution in [0.4, 0.5) is 10.8 Å². The SMILES string of the molecule is O=C(O)c1c(Nc2cccs2)[nH]c2ccccc12. The number of aromatic amines is 1. The van der Waals surface area contributed by atoms with Gasteiger partial charge in [0.1, 0.15) is 11.4 Å². The fourth-order valence-electron chi connectivity index (χ4n) is 1.93. The van der Waals surface area contributed by atoms with Gasteiger partial charge in [0, 0.05) is 10.9 Å². The van der Waals surface area contributed by atoms with Gasteiger partial charge >= 0.3 is 5.97 Å². The summed E-state index contributed by atoms with van der Waals surface area (Å²) in [6, 6.07) is 11.2. The van der Waals surface area contributed by atoms with Gasteiger partial charge in [-0.3, -0.25) is 0 Å². The van der Waals surface area contributed by atoms with Gasteiger partial charge in [0.25, 0.3) is 0 Å². The molecule has 0 amide bonds. The molecule has 90 valence electrons. The Kier molecular flexibility index (Phi) is 2.53. The summed E-state index contributed by atoms with van der Waals surface area (Å²) in [6.45, 7) is 0. The lowest BCUT2D eigenvalue weighted by atomic mass is 10.1. The molecule has 1 aromatic carbocycles. The van der Waals surface area contributed by atoms with Crippen molar-refractivity contribution < 1.29 is 9.90 Å². The van der Waals surface area contributed by atoms with Crippen molar-refractivity contribution in [3.8, 4) is 0 Å². The van der Waals surface area contributed by atoms with Crippen molar-refractivity contribution in [2.45, 2.75) is 0 Å². The van der Waals surface area contributed by atoms with E-state index in [0.717, 1.165) is 10.5 Å². The summed E-state index contributed by atoms with van der Waals surface area (Å²) in [5.41, 5.74) is 1.09. The van der Waals surface area contributed by atoms with Crippen LogP contribution in [0.2, 0.25) is 0 Å². The van der Waals surface area contributed by atoms with Gasteiger partial charge in [-0.2, -0.15) is 0 Å². The van der Waals surface area contributed by atoms with E-state index in [-0.39, 0.29) is 5.56 Å². The second-order valence-electron chi connectivity index (χ2n) is 3.83. The molecular formula is C13H10N2O2S. The minimum Gasteiger partial charge on any atom is -0.478 e. The number of hydrogen-bond acceptors (Lipinski definition) is 3. The number of carboxylic acids is 1. The molecule has 0 saturated heterocycles. The van der Waals surface area contributed by atoms with Gasteiger partial charge in [0.05, 0.1) is 5.00 Å². The number of hydrogen-bond donors (Lipinski definition) is 3. The number of anilines is 2. The highest BCUT2D eigenvalue weighted by molar-refractivity contribution is 7.14. The van der Waals surface area contributed by atoms with Crippen molar-refractivity contribution >= 4 is 39.0 Å². The Morgan fingerprint density at radius 3 is 2.78 bits per heavy atom. The summed E-state index contributed by atoms with van der Waals surface area (Å²) in [5.74, 6) is -0.419. The predicted molar refractivity (Wildman–Crippen MR) is 72.9 cm³/mol. The molecule has 0 radical (unpaired) electrons. The molecule has 0 atom stereocenters. The molecule has 0 saturated carbocycles. The number of rotatable bonds is 3. The number of nitrogens with one attached hydrogen (secondary N) is 2. The zero-order chi connectivity index (χ0) is 12.5. The van der Waals surface area contributed by atoms with E-state index in [1.54, 1.807) is 6.07 Å². The van der Waals surface area contributed by atoms with Crippen molar-refractivity contribution in [1.29, 1.82) is 0 Å². The number of fused-ring (bicyclic) bond motifs is 1. The Morgan fingerprint density at radius 1 is 1.22 bits per heavy atom. The van der Waals surface area contributed by atoms with Crippen LogP contribution >= 0.6 is 11.3 Å². The molecule has 3 rings (SSSR count). The quantitative estimate of drug-likeness (QED) is 0.671. The molecule has 3 aromatic rings. The van der Waals surface area contributed by atoms with Gasteiger partial charge in [-0.05, 0) is 23.6 Å². The summed E-state index contributed by atoms with van der Waals surface area (Å²) in [5, 5.41) is 16.0. The molecule has 18 heavy (non-hydrogen) atoms. The van der Waals surface area contributed by atoms with Crippen molar-refractivity contribution in [2.24, 2.45) is 0 Å². The minimum atomic E-state index is -0.938. The number of H-pyrrole nitrogens is 1. The van der Waals surface area contributed by atoms with Crippen LogP contribution < -0.4 is 5.32 Å². The van der Waals surface area contributed by atoms with Gasteiger partial charge in [0.2, 0.25) is 0 Å². The van der Waals surface area contributed by atoms with Crippen molar-refractivity contribution in [1.82, 2.24) is 4.98 Å². The number of benzene rings is 1. The van der Waals surface area contributed by atoms with Crippen LogP contribution in [0.25, 0.3) is 10.9 Å². The van der Waals surface area contributed by atoms with E-state index in [0.29, 0.717) is 11.2 Å².